The lowest BCUT2D eigenvalue weighted by atomic mass is 9.65. The number of hydrogen-bond donors (Lipinski definition) is 1. The Balaban J connectivity index is 2.08. The van der Waals surface area contributed by atoms with Crippen LogP contribution in [-0.4, -0.2) is 34.6 Å². The van der Waals surface area contributed by atoms with Crippen LogP contribution in [-0.2, 0) is 4.79 Å². The highest BCUT2D eigenvalue weighted by atomic mass is 16.4. The first-order chi connectivity index (χ1) is 9.42. The van der Waals surface area contributed by atoms with E-state index < -0.39 is 11.5 Å². The minimum atomic E-state index is -0.577. The lowest BCUT2D eigenvalue weighted by molar-refractivity contribution is -0.157. The normalized spacial score (nSPS) is 33.0. The lowest BCUT2D eigenvalue weighted by Gasteiger charge is -2.49. The molecule has 0 bridgehead atoms. The number of carboxylic acids is 1. The molecule has 3 nitrogen and oxygen atoms in total. The molecule has 1 saturated heterocycles. The molecular formula is C17H31NO2. The fourth-order valence-electron chi connectivity index (χ4n) is 4.15. The van der Waals surface area contributed by atoms with Gasteiger partial charge in [0.15, 0.2) is 0 Å². The van der Waals surface area contributed by atoms with Gasteiger partial charge in [0.2, 0.25) is 0 Å². The summed E-state index contributed by atoms with van der Waals surface area (Å²) in [6, 6.07) is 0. The highest BCUT2D eigenvalue weighted by Crippen LogP contribution is 2.45. The number of rotatable bonds is 4. The van der Waals surface area contributed by atoms with E-state index >= 15 is 0 Å². The van der Waals surface area contributed by atoms with Crippen molar-refractivity contribution in [2.24, 2.45) is 11.3 Å². The third-order valence-electron chi connectivity index (χ3n) is 6.19. The molecule has 1 heterocycles. The maximum absolute atomic E-state index is 12.0. The Hall–Kier alpha value is -0.570. The Morgan fingerprint density at radius 1 is 1.20 bits per heavy atom. The van der Waals surface area contributed by atoms with E-state index in [1.54, 1.807) is 0 Å². The van der Waals surface area contributed by atoms with Crippen LogP contribution >= 0.6 is 0 Å². The maximum atomic E-state index is 12.0. The van der Waals surface area contributed by atoms with E-state index in [-0.39, 0.29) is 0 Å². The number of aliphatic carboxylic acids is 1. The van der Waals surface area contributed by atoms with Crippen molar-refractivity contribution in [2.45, 2.75) is 77.7 Å². The second-order valence-electron chi connectivity index (χ2n) is 7.50. The van der Waals surface area contributed by atoms with Crippen LogP contribution in [0.25, 0.3) is 0 Å². The quantitative estimate of drug-likeness (QED) is 0.849. The van der Waals surface area contributed by atoms with E-state index in [2.05, 4.69) is 25.7 Å². The molecule has 1 aliphatic carbocycles. The third-order valence-corrected chi connectivity index (χ3v) is 6.19. The van der Waals surface area contributed by atoms with Crippen LogP contribution in [0.3, 0.4) is 0 Å². The second-order valence-corrected chi connectivity index (χ2v) is 7.50. The molecule has 0 atom stereocenters. The molecule has 116 valence electrons. The molecule has 3 heteroatoms. The Labute approximate surface area is 123 Å². The van der Waals surface area contributed by atoms with Crippen molar-refractivity contribution in [3.05, 3.63) is 0 Å². The topological polar surface area (TPSA) is 40.5 Å². The zero-order valence-electron chi connectivity index (χ0n) is 13.5. The maximum Gasteiger partial charge on any atom is 0.324 e. The van der Waals surface area contributed by atoms with Gasteiger partial charge in [0.1, 0.15) is 5.54 Å². The summed E-state index contributed by atoms with van der Waals surface area (Å²) in [5.74, 6) is 0.108. The van der Waals surface area contributed by atoms with E-state index in [0.29, 0.717) is 11.3 Å². The summed E-state index contributed by atoms with van der Waals surface area (Å²) < 4.78 is 0. The molecule has 0 spiro atoms. The van der Waals surface area contributed by atoms with Crippen molar-refractivity contribution < 1.29 is 9.90 Å². The van der Waals surface area contributed by atoms with Crippen molar-refractivity contribution in [1.82, 2.24) is 4.90 Å². The SMILES string of the molecule is CCC(C)(C)C1CCC(C(=O)O)(N2CCCCC2)CC1. The van der Waals surface area contributed by atoms with Gasteiger partial charge in [-0.15, -0.1) is 0 Å². The molecule has 20 heavy (non-hydrogen) atoms. The molecule has 0 aromatic carbocycles. The zero-order chi connectivity index (χ0) is 14.8. The molecule has 2 rings (SSSR count). The fraction of sp³-hybridized carbons (Fsp3) is 0.941. The molecule has 0 radical (unpaired) electrons. The largest absolute Gasteiger partial charge is 0.480 e. The summed E-state index contributed by atoms with van der Waals surface area (Å²) in [4.78, 5) is 14.2. The number of piperidine rings is 1. The van der Waals surface area contributed by atoms with Crippen molar-refractivity contribution >= 4 is 5.97 Å². The molecule has 2 fully saturated rings. The average Bonchev–Trinajstić information content (AvgIpc) is 2.48. The van der Waals surface area contributed by atoms with Crippen LogP contribution < -0.4 is 0 Å². The third kappa shape index (κ3) is 2.88. The lowest BCUT2D eigenvalue weighted by Crippen LogP contribution is -2.58. The standard InChI is InChI=1S/C17H31NO2/c1-4-16(2,3)14-8-10-17(11-9-14,15(19)20)18-12-6-5-7-13-18/h14H,4-13H2,1-3H3,(H,19,20). The molecule has 0 amide bonds. The van der Waals surface area contributed by atoms with Crippen molar-refractivity contribution in [3.63, 3.8) is 0 Å². The molecule has 0 aromatic rings. The van der Waals surface area contributed by atoms with Gasteiger partial charge < -0.3 is 5.11 Å². The summed E-state index contributed by atoms with van der Waals surface area (Å²) in [6.07, 6.45) is 8.61. The summed E-state index contributed by atoms with van der Waals surface area (Å²) in [5, 5.41) is 9.85. The van der Waals surface area contributed by atoms with Crippen LogP contribution in [0.5, 0.6) is 0 Å². The van der Waals surface area contributed by atoms with E-state index in [1.807, 2.05) is 0 Å². The van der Waals surface area contributed by atoms with Gasteiger partial charge in [0, 0.05) is 0 Å². The minimum Gasteiger partial charge on any atom is -0.480 e. The Morgan fingerprint density at radius 3 is 2.20 bits per heavy atom. The zero-order valence-corrected chi connectivity index (χ0v) is 13.5. The molecule has 2 aliphatic rings. The Bertz CT molecular complexity index is 337. The molecule has 0 aromatic heterocycles. The first kappa shape index (κ1) is 15.8. The van der Waals surface area contributed by atoms with E-state index in [4.69, 9.17) is 0 Å². The molecule has 1 saturated carbocycles. The van der Waals surface area contributed by atoms with Crippen LogP contribution in [0.2, 0.25) is 0 Å². The van der Waals surface area contributed by atoms with Crippen molar-refractivity contribution in [2.75, 3.05) is 13.1 Å². The number of likely N-dealkylation sites (tertiary alicyclic amines) is 1. The summed E-state index contributed by atoms with van der Waals surface area (Å²) in [7, 11) is 0. The summed E-state index contributed by atoms with van der Waals surface area (Å²) in [5.41, 5.74) is -0.201. The van der Waals surface area contributed by atoms with Crippen molar-refractivity contribution in [3.8, 4) is 0 Å². The number of carbonyl (C=O) groups is 1. The minimum absolute atomic E-state index is 0.354. The molecule has 0 unspecified atom stereocenters. The van der Waals surface area contributed by atoms with Gasteiger partial charge in [-0.25, -0.2) is 0 Å². The van der Waals surface area contributed by atoms with Gasteiger partial charge in [-0.1, -0.05) is 33.6 Å². The average molecular weight is 281 g/mol. The first-order valence-electron chi connectivity index (χ1n) is 8.41. The van der Waals surface area contributed by atoms with Crippen molar-refractivity contribution in [1.29, 1.82) is 0 Å². The fourth-order valence-corrected chi connectivity index (χ4v) is 4.15. The predicted molar refractivity (Wildman–Crippen MR) is 81.8 cm³/mol. The van der Waals surface area contributed by atoms with Gasteiger partial charge in [-0.05, 0) is 62.9 Å². The van der Waals surface area contributed by atoms with Gasteiger partial charge in [-0.3, -0.25) is 9.69 Å². The number of nitrogens with zero attached hydrogens (tertiary/aromatic N) is 1. The smallest absolute Gasteiger partial charge is 0.324 e. The first-order valence-corrected chi connectivity index (χ1v) is 8.41. The molecule has 1 aliphatic heterocycles. The van der Waals surface area contributed by atoms with Gasteiger partial charge >= 0.3 is 5.97 Å². The monoisotopic (exact) mass is 281 g/mol. The summed E-state index contributed by atoms with van der Waals surface area (Å²) in [6.45, 7) is 8.89. The van der Waals surface area contributed by atoms with Crippen LogP contribution in [0.4, 0.5) is 0 Å². The second kappa shape index (κ2) is 6.05. The van der Waals surface area contributed by atoms with Gasteiger partial charge in [0.25, 0.3) is 0 Å². The molecule has 1 N–H and O–H groups in total. The highest BCUT2D eigenvalue weighted by molar-refractivity contribution is 5.79. The van der Waals surface area contributed by atoms with Gasteiger partial charge in [-0.2, -0.15) is 0 Å². The number of hydrogen-bond acceptors (Lipinski definition) is 2. The van der Waals surface area contributed by atoms with Crippen LogP contribution in [0.1, 0.15) is 72.1 Å². The number of carboxylic acid groups (broad SMARTS) is 1. The Morgan fingerprint density at radius 2 is 1.75 bits per heavy atom. The van der Waals surface area contributed by atoms with E-state index in [9.17, 15) is 9.90 Å². The predicted octanol–water partition coefficient (Wildman–Crippen LogP) is 3.92. The Kier molecular flexibility index (Phi) is 4.78. The molecular weight excluding hydrogens is 250 g/mol. The van der Waals surface area contributed by atoms with E-state index in [0.717, 1.165) is 38.8 Å². The van der Waals surface area contributed by atoms with Crippen LogP contribution in [0.15, 0.2) is 0 Å². The van der Waals surface area contributed by atoms with Gasteiger partial charge in [0.05, 0.1) is 0 Å². The van der Waals surface area contributed by atoms with Crippen LogP contribution in [0, 0.1) is 11.3 Å². The van der Waals surface area contributed by atoms with E-state index in [1.165, 1.54) is 25.7 Å². The highest BCUT2D eigenvalue weighted by Gasteiger charge is 2.48. The summed E-state index contributed by atoms with van der Waals surface area (Å²) >= 11 is 0.